The fourth-order valence-corrected chi connectivity index (χ4v) is 5.09. The molecule has 3 heterocycles. The van der Waals surface area contributed by atoms with Gasteiger partial charge in [-0.1, -0.05) is 25.1 Å². The van der Waals surface area contributed by atoms with Crippen LogP contribution in [0.3, 0.4) is 0 Å². The van der Waals surface area contributed by atoms with Crippen LogP contribution in [0.2, 0.25) is 0 Å². The highest BCUT2D eigenvalue weighted by atomic mass is 16.5. The summed E-state index contributed by atoms with van der Waals surface area (Å²) in [5.74, 6) is 2.59. The molecule has 184 valence electrons. The summed E-state index contributed by atoms with van der Waals surface area (Å²) in [5.41, 5.74) is 3.66. The topological polar surface area (TPSA) is 75.6 Å². The highest BCUT2D eigenvalue weighted by molar-refractivity contribution is 5.97. The molecule has 1 aromatic carbocycles. The smallest absolute Gasteiger partial charge is 0.226 e. The van der Waals surface area contributed by atoms with Crippen molar-refractivity contribution >= 4 is 23.2 Å². The minimum atomic E-state index is 0.0168. The van der Waals surface area contributed by atoms with Crippen LogP contribution < -0.4 is 9.64 Å². The van der Waals surface area contributed by atoms with E-state index in [0.717, 1.165) is 69.9 Å². The Labute approximate surface area is 207 Å². The minimum absolute atomic E-state index is 0.0168. The molecule has 0 radical (unpaired) electrons. The molecule has 1 unspecified atom stereocenters. The number of ether oxygens (including phenoxy) is 1. The number of ketones is 1. The van der Waals surface area contributed by atoms with Gasteiger partial charge in [-0.2, -0.15) is 0 Å². The Hall–Kier alpha value is -3.22. The first-order chi connectivity index (χ1) is 17.1. The van der Waals surface area contributed by atoms with Gasteiger partial charge in [0.25, 0.3) is 0 Å². The fraction of sp³-hybridized carbons (Fsp3) is 0.500. The van der Waals surface area contributed by atoms with Crippen molar-refractivity contribution in [1.82, 2.24) is 14.9 Å². The third-order valence-electron chi connectivity index (χ3n) is 7.51. The molecule has 3 aliphatic rings. The summed E-state index contributed by atoms with van der Waals surface area (Å²) in [4.78, 5) is 36.6. The molecule has 1 amide bonds. The third kappa shape index (κ3) is 5.55. The molecule has 2 aliphatic heterocycles. The summed E-state index contributed by atoms with van der Waals surface area (Å²) < 4.78 is 6.11. The quantitative estimate of drug-likeness (QED) is 0.605. The maximum absolute atomic E-state index is 12.4. The van der Waals surface area contributed by atoms with Crippen LogP contribution in [-0.2, 0) is 16.0 Å². The Morgan fingerprint density at radius 2 is 1.77 bits per heavy atom. The molecule has 2 aromatic rings. The van der Waals surface area contributed by atoms with Crippen molar-refractivity contribution in [3.05, 3.63) is 53.9 Å². The van der Waals surface area contributed by atoms with Gasteiger partial charge in [0.15, 0.2) is 5.78 Å². The second-order valence-corrected chi connectivity index (χ2v) is 9.94. The maximum Gasteiger partial charge on any atom is 0.226 e. The number of rotatable bonds is 7. The van der Waals surface area contributed by atoms with Crippen LogP contribution in [0.4, 0.5) is 5.95 Å². The van der Waals surface area contributed by atoms with E-state index >= 15 is 0 Å². The molecule has 0 spiro atoms. The van der Waals surface area contributed by atoms with Gasteiger partial charge in [-0.25, -0.2) is 9.97 Å². The lowest BCUT2D eigenvalue weighted by molar-refractivity contribution is -0.148. The SMILES string of the molecule is CCc1cnc(N2CCC(COc3ccc(C4=CCC(C(=O)N5CC(=O)C5)CC4)cc3)CC2)nc1. The number of hydrogen-bond donors (Lipinski definition) is 0. The zero-order valence-corrected chi connectivity index (χ0v) is 20.5. The largest absolute Gasteiger partial charge is 0.493 e. The number of anilines is 1. The lowest BCUT2D eigenvalue weighted by Crippen LogP contribution is -2.52. The molecule has 35 heavy (non-hydrogen) atoms. The summed E-state index contributed by atoms with van der Waals surface area (Å²) >= 11 is 0. The molecular formula is C28H34N4O3. The van der Waals surface area contributed by atoms with Gasteiger partial charge in [0.1, 0.15) is 5.75 Å². The van der Waals surface area contributed by atoms with Crippen LogP contribution in [0.25, 0.3) is 5.57 Å². The Balaban J connectivity index is 1.06. The number of allylic oxidation sites excluding steroid dienone is 2. The van der Waals surface area contributed by atoms with Crippen LogP contribution in [-0.4, -0.2) is 59.3 Å². The number of benzene rings is 1. The van der Waals surface area contributed by atoms with Gasteiger partial charge < -0.3 is 14.5 Å². The first-order valence-electron chi connectivity index (χ1n) is 12.9. The summed E-state index contributed by atoms with van der Waals surface area (Å²) in [6, 6.07) is 8.35. The molecule has 2 saturated heterocycles. The van der Waals surface area contributed by atoms with Crippen LogP contribution in [0.5, 0.6) is 5.75 Å². The zero-order valence-electron chi connectivity index (χ0n) is 20.5. The lowest BCUT2D eigenvalue weighted by atomic mass is 9.85. The van der Waals surface area contributed by atoms with Crippen molar-refractivity contribution in [2.24, 2.45) is 11.8 Å². The zero-order chi connectivity index (χ0) is 24.2. The van der Waals surface area contributed by atoms with Crippen LogP contribution in [0.1, 0.15) is 50.2 Å². The molecule has 7 nitrogen and oxygen atoms in total. The predicted molar refractivity (Wildman–Crippen MR) is 135 cm³/mol. The highest BCUT2D eigenvalue weighted by Crippen LogP contribution is 2.32. The summed E-state index contributed by atoms with van der Waals surface area (Å²) in [6.07, 6.45) is 11.7. The molecule has 1 aromatic heterocycles. The molecule has 0 saturated carbocycles. The van der Waals surface area contributed by atoms with Crippen molar-refractivity contribution < 1.29 is 14.3 Å². The lowest BCUT2D eigenvalue weighted by Gasteiger charge is -2.33. The molecule has 1 atom stereocenters. The number of carbonyl (C=O) groups is 2. The molecule has 2 fully saturated rings. The van der Waals surface area contributed by atoms with Crippen molar-refractivity contribution in [2.75, 3.05) is 37.7 Å². The minimum Gasteiger partial charge on any atom is -0.493 e. The van der Waals surface area contributed by atoms with Gasteiger partial charge in [0.2, 0.25) is 11.9 Å². The summed E-state index contributed by atoms with van der Waals surface area (Å²) in [5, 5.41) is 0. The molecule has 1 aliphatic carbocycles. The second kappa shape index (κ2) is 10.6. The van der Waals surface area contributed by atoms with Crippen molar-refractivity contribution in [3.8, 4) is 5.75 Å². The predicted octanol–water partition coefficient (Wildman–Crippen LogP) is 3.93. The Kier molecular flexibility index (Phi) is 7.11. The number of piperidine rings is 1. The van der Waals surface area contributed by atoms with Gasteiger partial charge in [0, 0.05) is 31.4 Å². The van der Waals surface area contributed by atoms with Gasteiger partial charge in [0.05, 0.1) is 19.7 Å². The van der Waals surface area contributed by atoms with Crippen molar-refractivity contribution in [2.45, 2.75) is 45.4 Å². The van der Waals surface area contributed by atoms with E-state index in [1.807, 2.05) is 12.4 Å². The summed E-state index contributed by atoms with van der Waals surface area (Å²) in [6.45, 7) is 5.37. The second-order valence-electron chi connectivity index (χ2n) is 9.94. The first kappa shape index (κ1) is 23.5. The number of carbonyl (C=O) groups excluding carboxylic acids is 2. The number of aryl methyl sites for hydroxylation is 1. The number of hydrogen-bond acceptors (Lipinski definition) is 6. The van der Waals surface area contributed by atoms with E-state index in [1.165, 1.54) is 16.7 Å². The number of Topliss-reactive ketones (excluding diaryl/α,β-unsaturated/α-hetero) is 1. The molecule has 0 bridgehead atoms. The van der Waals surface area contributed by atoms with E-state index in [-0.39, 0.29) is 17.6 Å². The van der Waals surface area contributed by atoms with Gasteiger partial charge in [-0.05, 0) is 73.3 Å². The first-order valence-corrected chi connectivity index (χ1v) is 12.9. The van der Waals surface area contributed by atoms with E-state index in [2.05, 4.69) is 52.1 Å². The average molecular weight is 475 g/mol. The Morgan fingerprint density at radius 3 is 2.37 bits per heavy atom. The highest BCUT2D eigenvalue weighted by Gasteiger charge is 2.33. The maximum atomic E-state index is 12.4. The van der Waals surface area contributed by atoms with Gasteiger partial charge in [-0.15, -0.1) is 0 Å². The molecule has 7 heteroatoms. The van der Waals surface area contributed by atoms with E-state index in [1.54, 1.807) is 4.90 Å². The van der Waals surface area contributed by atoms with E-state index < -0.39 is 0 Å². The van der Waals surface area contributed by atoms with Crippen molar-refractivity contribution in [1.29, 1.82) is 0 Å². The van der Waals surface area contributed by atoms with Crippen molar-refractivity contribution in [3.63, 3.8) is 0 Å². The van der Waals surface area contributed by atoms with Crippen LogP contribution in [0, 0.1) is 11.8 Å². The fourth-order valence-electron chi connectivity index (χ4n) is 5.09. The standard InChI is InChI=1S/C28H34N4O3/c1-2-20-15-29-28(30-16-20)31-13-11-21(12-14-31)19-35-26-9-7-23(8-10-26)22-3-5-24(6-4-22)27(34)32-17-25(33)18-32/h3,7-10,15-16,21,24H,2,4-6,11-14,17-19H2,1H3. The number of likely N-dealkylation sites (tertiary alicyclic amines) is 1. The number of nitrogens with zero attached hydrogens (tertiary/aromatic N) is 4. The average Bonchev–Trinajstić information content (AvgIpc) is 2.90. The summed E-state index contributed by atoms with van der Waals surface area (Å²) in [7, 11) is 0. The van der Waals surface area contributed by atoms with E-state index in [4.69, 9.17) is 4.74 Å². The molecule has 5 rings (SSSR count). The van der Waals surface area contributed by atoms with Crippen LogP contribution in [0.15, 0.2) is 42.7 Å². The third-order valence-corrected chi connectivity index (χ3v) is 7.51. The van der Waals surface area contributed by atoms with Gasteiger partial charge >= 0.3 is 0 Å². The Morgan fingerprint density at radius 1 is 1.06 bits per heavy atom. The number of amides is 1. The normalized spacial score (nSPS) is 20.9. The van der Waals surface area contributed by atoms with E-state index in [0.29, 0.717) is 19.0 Å². The monoisotopic (exact) mass is 474 g/mol. The molecule has 0 N–H and O–H groups in total. The number of aromatic nitrogens is 2. The molecular weight excluding hydrogens is 440 g/mol. The van der Waals surface area contributed by atoms with Gasteiger partial charge in [-0.3, -0.25) is 9.59 Å². The Bertz CT molecular complexity index is 1060. The van der Waals surface area contributed by atoms with E-state index in [9.17, 15) is 9.59 Å². The van der Waals surface area contributed by atoms with Crippen LogP contribution >= 0.6 is 0 Å².